The number of ether oxygens (including phenoxy) is 6. The molecule has 6 N–H and O–H groups in total. The monoisotopic (exact) mass is 516 g/mol. The first kappa shape index (κ1) is 31.1. The Kier molecular flexibility index (Phi) is 19.0. The van der Waals surface area contributed by atoms with Crippen molar-refractivity contribution in [1.82, 2.24) is 5.32 Å². The molecule has 0 saturated carbocycles. The number of hydrogen-bond donors (Lipinski definition) is 4. The normalized spacial score (nSPS) is 10.9. The number of carbonyl (C=O) groups excluding carboxylic acids is 1. The average Bonchev–Trinajstić information content (AvgIpc) is 2.83. The van der Waals surface area contributed by atoms with Crippen LogP contribution in [0.5, 0.6) is 0 Å². The smallest absolute Gasteiger partial charge is 0.257 e. The van der Waals surface area contributed by atoms with Crippen LogP contribution in [0.15, 0.2) is 18.2 Å². The number of aryl methyl sites for hydroxylation is 1. The summed E-state index contributed by atoms with van der Waals surface area (Å²) >= 11 is 4.72. The van der Waals surface area contributed by atoms with Crippen molar-refractivity contribution in [3.8, 4) is 0 Å². The van der Waals surface area contributed by atoms with Gasteiger partial charge in [0.25, 0.3) is 5.91 Å². The van der Waals surface area contributed by atoms with Crippen molar-refractivity contribution in [3.05, 3.63) is 29.3 Å². The topological polar surface area (TPSA) is 149 Å². The summed E-state index contributed by atoms with van der Waals surface area (Å²) in [6.45, 7) is 9.13. The third kappa shape index (κ3) is 17.2. The van der Waals surface area contributed by atoms with Crippen LogP contribution in [0.2, 0.25) is 0 Å². The molecular formula is C23H40N4O7S. The van der Waals surface area contributed by atoms with Crippen molar-refractivity contribution in [2.24, 2.45) is 11.5 Å². The molecule has 0 aliphatic carbocycles. The maximum atomic E-state index is 12.1. The highest BCUT2D eigenvalue weighted by Crippen LogP contribution is 2.15. The first-order chi connectivity index (χ1) is 17.0. The molecule has 0 spiro atoms. The molecule has 0 fully saturated rings. The minimum absolute atomic E-state index is 0.0534. The van der Waals surface area contributed by atoms with E-state index in [1.165, 1.54) is 0 Å². The number of amides is 1. The fourth-order valence-electron chi connectivity index (χ4n) is 2.71. The van der Waals surface area contributed by atoms with E-state index in [9.17, 15) is 4.79 Å². The lowest BCUT2D eigenvalue weighted by molar-refractivity contribution is -0.0159. The van der Waals surface area contributed by atoms with E-state index in [2.05, 4.69) is 10.6 Å². The molecule has 0 aromatic heterocycles. The predicted octanol–water partition coefficient (Wildman–Crippen LogP) is 0.439. The Balaban J connectivity index is 1.90. The summed E-state index contributed by atoms with van der Waals surface area (Å²) in [4.78, 5) is 12.1. The molecule has 11 nitrogen and oxygen atoms in total. The number of carbonyl (C=O) groups is 1. The van der Waals surface area contributed by atoms with Crippen molar-refractivity contribution in [3.63, 3.8) is 0 Å². The number of nitrogens with one attached hydrogen (secondary N) is 2. The van der Waals surface area contributed by atoms with Gasteiger partial charge in [0, 0.05) is 24.3 Å². The maximum Gasteiger partial charge on any atom is 0.257 e. The van der Waals surface area contributed by atoms with Crippen LogP contribution in [0, 0.1) is 6.92 Å². The van der Waals surface area contributed by atoms with Gasteiger partial charge in [-0.2, -0.15) is 0 Å². The van der Waals surface area contributed by atoms with Gasteiger partial charge in [-0.1, -0.05) is 6.07 Å². The van der Waals surface area contributed by atoms with Gasteiger partial charge in [-0.05, 0) is 36.8 Å². The predicted molar refractivity (Wildman–Crippen MR) is 138 cm³/mol. The van der Waals surface area contributed by atoms with Crippen molar-refractivity contribution in [2.75, 3.05) is 97.7 Å². The van der Waals surface area contributed by atoms with Crippen LogP contribution in [-0.4, -0.2) is 103 Å². The molecule has 0 saturated heterocycles. The summed E-state index contributed by atoms with van der Waals surface area (Å²) < 4.78 is 32.4. The lowest BCUT2D eigenvalue weighted by Crippen LogP contribution is -2.35. The number of nitrogens with two attached hydrogens (primary N) is 2. The molecule has 1 aromatic rings. The SMILES string of the molecule is Cc1ccc(NCCOCCOCCOCCOCCOCCOCCN)cc1C(=O)NC(N)=S. The zero-order valence-corrected chi connectivity index (χ0v) is 21.4. The summed E-state index contributed by atoms with van der Waals surface area (Å²) in [7, 11) is 0. The van der Waals surface area contributed by atoms with Gasteiger partial charge in [-0.15, -0.1) is 0 Å². The van der Waals surface area contributed by atoms with E-state index >= 15 is 0 Å². The highest BCUT2D eigenvalue weighted by molar-refractivity contribution is 7.80. The Labute approximate surface area is 213 Å². The van der Waals surface area contributed by atoms with Crippen molar-refractivity contribution < 1.29 is 33.2 Å². The molecule has 1 aromatic carbocycles. The third-order valence-corrected chi connectivity index (χ3v) is 4.52. The van der Waals surface area contributed by atoms with E-state index < -0.39 is 0 Å². The Morgan fingerprint density at radius 3 is 1.71 bits per heavy atom. The number of anilines is 1. The molecule has 0 unspecified atom stereocenters. The molecule has 0 aliphatic rings. The van der Waals surface area contributed by atoms with Crippen molar-refractivity contribution >= 4 is 28.9 Å². The third-order valence-electron chi connectivity index (χ3n) is 4.42. The molecule has 12 heteroatoms. The van der Waals surface area contributed by atoms with Gasteiger partial charge >= 0.3 is 0 Å². The molecule has 0 heterocycles. The Morgan fingerprint density at radius 1 is 0.800 bits per heavy atom. The highest BCUT2D eigenvalue weighted by atomic mass is 32.1. The van der Waals surface area contributed by atoms with Gasteiger partial charge in [0.15, 0.2) is 5.11 Å². The zero-order chi connectivity index (χ0) is 25.6. The largest absolute Gasteiger partial charge is 0.383 e. The standard InChI is InChI=1S/C23H40N4O7S/c1-19-2-3-20(18-21(19)22(28)27-23(25)35)26-5-7-30-9-11-32-13-15-34-17-16-33-14-12-31-10-8-29-6-4-24/h2-3,18,26H,4-17,24H2,1H3,(H3,25,27,28,35). The van der Waals surface area contributed by atoms with Crippen molar-refractivity contribution in [1.29, 1.82) is 0 Å². The highest BCUT2D eigenvalue weighted by Gasteiger charge is 2.10. The molecule has 0 radical (unpaired) electrons. The molecule has 0 bridgehead atoms. The van der Waals surface area contributed by atoms with Crippen LogP contribution >= 0.6 is 12.2 Å². The van der Waals surface area contributed by atoms with Gasteiger partial charge in [-0.25, -0.2) is 0 Å². The lowest BCUT2D eigenvalue weighted by atomic mass is 10.1. The summed E-state index contributed by atoms with van der Waals surface area (Å²) in [5, 5.41) is 5.60. The number of thiocarbonyl (C=S) groups is 1. The van der Waals surface area contributed by atoms with Gasteiger partial charge in [0.1, 0.15) is 0 Å². The maximum absolute atomic E-state index is 12.1. The van der Waals surface area contributed by atoms with E-state index in [0.29, 0.717) is 97.9 Å². The number of rotatable bonds is 22. The van der Waals surface area contributed by atoms with E-state index in [1.54, 1.807) is 6.07 Å². The van der Waals surface area contributed by atoms with Crippen LogP contribution in [0.3, 0.4) is 0 Å². The quantitative estimate of drug-likeness (QED) is 0.126. The van der Waals surface area contributed by atoms with Crippen LogP contribution < -0.4 is 22.1 Å². The van der Waals surface area contributed by atoms with E-state index in [1.807, 2.05) is 19.1 Å². The number of hydrogen-bond acceptors (Lipinski definition) is 10. The van der Waals surface area contributed by atoms with E-state index in [0.717, 1.165) is 11.3 Å². The average molecular weight is 517 g/mol. The Hall–Kier alpha value is -1.90. The summed E-state index contributed by atoms with van der Waals surface area (Å²) in [6.07, 6.45) is 0. The van der Waals surface area contributed by atoms with E-state index in [-0.39, 0.29) is 11.0 Å². The van der Waals surface area contributed by atoms with Crippen molar-refractivity contribution in [2.45, 2.75) is 6.92 Å². The molecule has 0 atom stereocenters. The van der Waals surface area contributed by atoms with Crippen LogP contribution in [-0.2, 0) is 28.4 Å². The second-order valence-electron chi connectivity index (χ2n) is 7.24. The van der Waals surface area contributed by atoms with Crippen LogP contribution in [0.4, 0.5) is 5.69 Å². The van der Waals surface area contributed by atoms with Crippen LogP contribution in [0.1, 0.15) is 15.9 Å². The minimum atomic E-state index is -0.325. The second-order valence-corrected chi connectivity index (χ2v) is 7.68. The first-order valence-corrected chi connectivity index (χ1v) is 12.1. The lowest BCUT2D eigenvalue weighted by Gasteiger charge is -2.11. The van der Waals surface area contributed by atoms with Gasteiger partial charge < -0.3 is 45.2 Å². The minimum Gasteiger partial charge on any atom is -0.383 e. The molecular weight excluding hydrogens is 476 g/mol. The van der Waals surface area contributed by atoms with Gasteiger partial charge in [-0.3, -0.25) is 10.1 Å². The molecule has 1 rings (SSSR count). The summed E-state index contributed by atoms with van der Waals surface area (Å²) in [5.41, 5.74) is 12.8. The summed E-state index contributed by atoms with van der Waals surface area (Å²) in [5.74, 6) is -0.325. The Morgan fingerprint density at radius 2 is 1.26 bits per heavy atom. The molecule has 1 amide bonds. The molecule has 35 heavy (non-hydrogen) atoms. The summed E-state index contributed by atoms with van der Waals surface area (Å²) in [6, 6.07) is 5.51. The van der Waals surface area contributed by atoms with Gasteiger partial charge in [0.2, 0.25) is 0 Å². The van der Waals surface area contributed by atoms with Crippen LogP contribution in [0.25, 0.3) is 0 Å². The first-order valence-electron chi connectivity index (χ1n) is 11.7. The second kappa shape index (κ2) is 21.4. The fourth-order valence-corrected chi connectivity index (χ4v) is 2.80. The van der Waals surface area contributed by atoms with E-state index in [4.69, 9.17) is 52.1 Å². The number of benzene rings is 1. The fraction of sp³-hybridized carbons (Fsp3) is 0.652. The zero-order valence-electron chi connectivity index (χ0n) is 20.6. The molecule has 200 valence electrons. The Bertz CT molecular complexity index is 712. The molecule has 0 aliphatic heterocycles. The van der Waals surface area contributed by atoms with Gasteiger partial charge in [0.05, 0.1) is 79.3 Å².